The lowest BCUT2D eigenvalue weighted by atomic mass is 10.00. The quantitative estimate of drug-likeness (QED) is 0.299. The largest absolute Gasteiger partial charge is 0.495 e. The number of para-hydroxylation sites is 2. The van der Waals surface area contributed by atoms with Crippen molar-refractivity contribution in [2.45, 2.75) is 31.7 Å². The fourth-order valence-electron chi connectivity index (χ4n) is 5.53. The maximum atomic E-state index is 6.54. The number of morpholine rings is 1. The summed E-state index contributed by atoms with van der Waals surface area (Å²) in [5.74, 6) is 1.72. The molecule has 10 heteroatoms. The molecule has 9 nitrogen and oxygen atoms in total. The monoisotopic (exact) mass is 545 g/mol. The van der Waals surface area contributed by atoms with E-state index in [1.165, 1.54) is 11.1 Å². The van der Waals surface area contributed by atoms with Crippen molar-refractivity contribution < 1.29 is 9.47 Å². The zero-order valence-corrected chi connectivity index (χ0v) is 22.7. The standard InChI is InChI=1S/C29H32ClN7O2/c1-38-26-12-8-20-7-9-21(36-15-17-39-18-16-36)10-11-22(20)27(26)34-29-31-19-23(30)28(35-29)33-24-5-2-3-6-25(24)37-14-4-13-32-37/h2-6,8,12-14,19,21H,7,9-11,15-18H2,1H3,(H2,31,33,34,35). The molecule has 1 fully saturated rings. The van der Waals surface area contributed by atoms with E-state index in [0.29, 0.717) is 22.8 Å². The van der Waals surface area contributed by atoms with E-state index in [4.69, 9.17) is 26.1 Å². The molecule has 0 bridgehead atoms. The summed E-state index contributed by atoms with van der Waals surface area (Å²) in [6, 6.07) is 14.5. The van der Waals surface area contributed by atoms with Gasteiger partial charge < -0.3 is 20.1 Å². The topological polar surface area (TPSA) is 89.4 Å². The smallest absolute Gasteiger partial charge is 0.229 e. The number of methoxy groups -OCH3 is 1. The third kappa shape index (κ3) is 5.56. The lowest BCUT2D eigenvalue weighted by Gasteiger charge is -2.34. The molecule has 2 aromatic carbocycles. The van der Waals surface area contributed by atoms with Crippen LogP contribution in [-0.4, -0.2) is 64.1 Å². The van der Waals surface area contributed by atoms with E-state index in [2.05, 4.69) is 31.7 Å². The molecule has 1 aliphatic heterocycles. The van der Waals surface area contributed by atoms with Crippen LogP contribution in [0.3, 0.4) is 0 Å². The number of rotatable bonds is 7. The van der Waals surface area contributed by atoms with Crippen LogP contribution in [0.25, 0.3) is 5.69 Å². The van der Waals surface area contributed by atoms with Crippen LogP contribution in [0.2, 0.25) is 5.02 Å². The van der Waals surface area contributed by atoms with E-state index in [9.17, 15) is 0 Å². The van der Waals surface area contributed by atoms with Gasteiger partial charge in [-0.2, -0.15) is 10.1 Å². The zero-order chi connectivity index (χ0) is 26.6. The lowest BCUT2D eigenvalue weighted by molar-refractivity contribution is 0.0136. The van der Waals surface area contributed by atoms with Crippen molar-refractivity contribution in [2.75, 3.05) is 44.0 Å². The predicted octanol–water partition coefficient (Wildman–Crippen LogP) is 5.39. The predicted molar refractivity (Wildman–Crippen MR) is 153 cm³/mol. The van der Waals surface area contributed by atoms with Crippen molar-refractivity contribution >= 4 is 34.7 Å². The van der Waals surface area contributed by atoms with Crippen LogP contribution in [0.1, 0.15) is 24.0 Å². The van der Waals surface area contributed by atoms with Gasteiger partial charge in [-0.15, -0.1) is 0 Å². The van der Waals surface area contributed by atoms with Gasteiger partial charge in [0, 0.05) is 31.5 Å². The Bertz CT molecular complexity index is 1420. The van der Waals surface area contributed by atoms with Crippen LogP contribution in [0, 0.1) is 0 Å². The van der Waals surface area contributed by atoms with Crippen LogP contribution < -0.4 is 15.4 Å². The van der Waals surface area contributed by atoms with Crippen molar-refractivity contribution in [3.05, 3.63) is 77.2 Å². The first kappa shape index (κ1) is 25.6. The Labute approximate surface area is 233 Å². The van der Waals surface area contributed by atoms with Gasteiger partial charge in [0.1, 0.15) is 10.8 Å². The Morgan fingerprint density at radius 2 is 1.87 bits per heavy atom. The fraction of sp³-hybridized carbons (Fsp3) is 0.345. The number of nitrogens with zero attached hydrogens (tertiary/aromatic N) is 5. The number of halogens is 1. The van der Waals surface area contributed by atoms with Crippen molar-refractivity contribution in [2.24, 2.45) is 0 Å². The van der Waals surface area contributed by atoms with Crippen LogP contribution in [0.4, 0.5) is 23.1 Å². The lowest BCUT2D eigenvalue weighted by Crippen LogP contribution is -2.43. The van der Waals surface area contributed by atoms with Gasteiger partial charge in [0.2, 0.25) is 5.95 Å². The molecule has 1 aliphatic carbocycles. The SMILES string of the molecule is COc1ccc2c(c1Nc1ncc(Cl)c(Nc3ccccc3-n3cccn3)n1)CCC(N1CCOCC1)CC2. The number of aryl methyl sites for hydroxylation is 1. The third-order valence-electron chi connectivity index (χ3n) is 7.52. The summed E-state index contributed by atoms with van der Waals surface area (Å²) in [7, 11) is 1.70. The van der Waals surface area contributed by atoms with Crippen molar-refractivity contribution in [3.8, 4) is 11.4 Å². The summed E-state index contributed by atoms with van der Waals surface area (Å²) >= 11 is 6.54. The highest BCUT2D eigenvalue weighted by molar-refractivity contribution is 6.33. The van der Waals surface area contributed by atoms with Crippen molar-refractivity contribution in [3.63, 3.8) is 0 Å². The van der Waals surface area contributed by atoms with Crippen LogP contribution in [0.5, 0.6) is 5.75 Å². The van der Waals surface area contributed by atoms with Crippen LogP contribution in [-0.2, 0) is 17.6 Å². The molecule has 0 saturated carbocycles. The Hall–Kier alpha value is -3.66. The van der Waals surface area contributed by atoms with Gasteiger partial charge >= 0.3 is 0 Å². The molecule has 6 rings (SSSR count). The summed E-state index contributed by atoms with van der Waals surface area (Å²) in [6.45, 7) is 3.66. The molecule has 2 aliphatic rings. The number of ether oxygens (including phenoxy) is 2. The molecule has 202 valence electrons. The Kier molecular flexibility index (Phi) is 7.62. The number of benzene rings is 2. The van der Waals surface area contributed by atoms with E-state index in [1.54, 1.807) is 24.2 Å². The van der Waals surface area contributed by atoms with E-state index >= 15 is 0 Å². The van der Waals surface area contributed by atoms with Gasteiger partial charge in [0.05, 0.1) is 43.6 Å². The molecule has 1 unspecified atom stereocenters. The van der Waals surface area contributed by atoms with Gasteiger partial charge in [-0.3, -0.25) is 4.90 Å². The highest BCUT2D eigenvalue weighted by atomic mass is 35.5. The number of aromatic nitrogens is 4. The second kappa shape index (κ2) is 11.6. The molecule has 0 amide bonds. The normalized spacial score (nSPS) is 17.7. The van der Waals surface area contributed by atoms with Crippen molar-refractivity contribution in [1.29, 1.82) is 0 Å². The maximum absolute atomic E-state index is 6.54. The second-order valence-electron chi connectivity index (χ2n) is 9.77. The summed E-state index contributed by atoms with van der Waals surface area (Å²) in [6.07, 6.45) is 9.45. The fourth-order valence-corrected chi connectivity index (χ4v) is 5.66. The van der Waals surface area contributed by atoms with Crippen LogP contribution >= 0.6 is 11.6 Å². The minimum atomic E-state index is 0.419. The Balaban J connectivity index is 1.27. The molecular formula is C29H32ClN7O2. The van der Waals surface area contributed by atoms with E-state index in [1.807, 2.05) is 42.6 Å². The zero-order valence-electron chi connectivity index (χ0n) is 21.9. The van der Waals surface area contributed by atoms with Gasteiger partial charge in [0.25, 0.3) is 0 Å². The maximum Gasteiger partial charge on any atom is 0.229 e. The van der Waals surface area contributed by atoms with Gasteiger partial charge in [-0.1, -0.05) is 29.8 Å². The van der Waals surface area contributed by atoms with E-state index < -0.39 is 0 Å². The average molecular weight is 546 g/mol. The number of hydrogen-bond acceptors (Lipinski definition) is 8. The highest BCUT2D eigenvalue weighted by Crippen LogP contribution is 2.38. The van der Waals surface area contributed by atoms with Crippen molar-refractivity contribution in [1.82, 2.24) is 24.6 Å². The molecule has 4 aromatic rings. The summed E-state index contributed by atoms with van der Waals surface area (Å²) in [4.78, 5) is 11.8. The molecule has 2 N–H and O–H groups in total. The van der Waals surface area contributed by atoms with E-state index in [-0.39, 0.29) is 0 Å². The minimum absolute atomic E-state index is 0.419. The minimum Gasteiger partial charge on any atom is -0.495 e. The summed E-state index contributed by atoms with van der Waals surface area (Å²) in [5.41, 5.74) is 5.24. The Morgan fingerprint density at radius 3 is 2.69 bits per heavy atom. The summed E-state index contributed by atoms with van der Waals surface area (Å²) in [5, 5.41) is 11.6. The highest BCUT2D eigenvalue weighted by Gasteiger charge is 2.26. The van der Waals surface area contributed by atoms with Gasteiger partial charge in [-0.25, -0.2) is 9.67 Å². The van der Waals surface area contributed by atoms with Gasteiger partial charge in [0.15, 0.2) is 5.82 Å². The molecule has 2 aromatic heterocycles. The average Bonchev–Trinajstić information content (AvgIpc) is 3.42. The first-order chi connectivity index (χ1) is 19.2. The summed E-state index contributed by atoms with van der Waals surface area (Å²) < 4.78 is 13.2. The molecular weight excluding hydrogens is 514 g/mol. The molecule has 3 heterocycles. The van der Waals surface area contributed by atoms with E-state index in [0.717, 1.165) is 74.8 Å². The van der Waals surface area contributed by atoms with Gasteiger partial charge in [-0.05, 0) is 61.1 Å². The number of fused-ring (bicyclic) bond motifs is 1. The molecule has 39 heavy (non-hydrogen) atoms. The molecule has 0 spiro atoms. The number of anilines is 4. The third-order valence-corrected chi connectivity index (χ3v) is 7.79. The molecule has 1 atom stereocenters. The molecule has 1 saturated heterocycles. The number of nitrogens with one attached hydrogen (secondary N) is 2. The number of hydrogen-bond donors (Lipinski definition) is 2. The molecule has 0 radical (unpaired) electrons. The second-order valence-corrected chi connectivity index (χ2v) is 10.2. The first-order valence-corrected chi connectivity index (χ1v) is 13.7. The first-order valence-electron chi connectivity index (χ1n) is 13.4. The Morgan fingerprint density at radius 1 is 1.03 bits per heavy atom. The van der Waals surface area contributed by atoms with Crippen LogP contribution in [0.15, 0.2) is 61.1 Å².